The molecule has 2 aromatic rings. The van der Waals surface area contributed by atoms with Crippen LogP contribution in [0.3, 0.4) is 0 Å². The molecule has 0 unspecified atom stereocenters. The van der Waals surface area contributed by atoms with Gasteiger partial charge in [0.05, 0.1) is 5.75 Å². The number of thioether (sulfide) groups is 1. The summed E-state index contributed by atoms with van der Waals surface area (Å²) in [6, 6.07) is 7.52. The molecule has 7 heteroatoms. The number of aliphatic imine (C=N–C) groups is 1. The molecule has 0 aliphatic rings. The summed E-state index contributed by atoms with van der Waals surface area (Å²) in [7, 11) is 0. The maximum atomic E-state index is 12.2. The highest BCUT2D eigenvalue weighted by Crippen LogP contribution is 2.18. The second-order valence-electron chi connectivity index (χ2n) is 5.42. The predicted octanol–water partition coefficient (Wildman–Crippen LogP) is 3.98. The lowest BCUT2D eigenvalue weighted by molar-refractivity contribution is -0.113. The van der Waals surface area contributed by atoms with Crippen molar-refractivity contribution in [2.45, 2.75) is 25.0 Å². The zero-order valence-corrected chi connectivity index (χ0v) is 16.2. The minimum atomic E-state index is -0.0842. The van der Waals surface area contributed by atoms with Crippen LogP contribution in [0.2, 0.25) is 0 Å². The van der Waals surface area contributed by atoms with Crippen molar-refractivity contribution >= 4 is 35.6 Å². The van der Waals surface area contributed by atoms with Gasteiger partial charge in [0, 0.05) is 31.1 Å². The number of nitrogens with zero attached hydrogens (tertiary/aromatic N) is 4. The number of carbonyl (C=O) groups excluding carboxylic acids is 1. The molecule has 1 aromatic carbocycles. The fraction of sp³-hybridized carbons (Fsp3) is 0.200. The molecule has 0 spiro atoms. The van der Waals surface area contributed by atoms with Gasteiger partial charge in [0.25, 0.3) is 0 Å². The van der Waals surface area contributed by atoms with E-state index in [1.807, 2.05) is 47.9 Å². The third-order valence-corrected chi connectivity index (χ3v) is 4.55. The highest BCUT2D eigenvalue weighted by atomic mass is 32.2. The maximum Gasteiger partial charge on any atom is 0.234 e. The largest absolute Gasteiger partial charge is 0.325 e. The van der Waals surface area contributed by atoms with Crippen LogP contribution in [0.1, 0.15) is 18.3 Å². The molecule has 0 bridgehead atoms. The molecule has 0 saturated carbocycles. The summed E-state index contributed by atoms with van der Waals surface area (Å²) in [5.41, 5.74) is 1.77. The lowest BCUT2D eigenvalue weighted by Crippen LogP contribution is -2.14. The van der Waals surface area contributed by atoms with E-state index in [9.17, 15) is 4.79 Å². The molecule has 1 N–H and O–H groups in total. The maximum absolute atomic E-state index is 12.2. The standard InChI is InChI=1S/C20H23N5OS/c1-4-16-10-12-17(13-11-16)22-19(26)15-27-20-24-23-18(25(20)6-3)9-7-8-14-21-5-2/h4-5,7-8,10-14H,1-2,6,9,15H2,3H3,(H,22,26)/b8-7-,21-14?. The van der Waals surface area contributed by atoms with Crippen LogP contribution in [0.25, 0.3) is 6.08 Å². The summed E-state index contributed by atoms with van der Waals surface area (Å²) >= 11 is 1.37. The van der Waals surface area contributed by atoms with E-state index in [0.29, 0.717) is 6.42 Å². The molecular formula is C20H23N5OS. The fourth-order valence-electron chi connectivity index (χ4n) is 2.27. The Balaban J connectivity index is 1.91. The number of rotatable bonds is 10. The van der Waals surface area contributed by atoms with Gasteiger partial charge < -0.3 is 9.88 Å². The van der Waals surface area contributed by atoms with Gasteiger partial charge in [-0.1, -0.05) is 49.2 Å². The molecular weight excluding hydrogens is 358 g/mol. The Kier molecular flexibility index (Phi) is 8.25. The third kappa shape index (κ3) is 6.38. The second-order valence-corrected chi connectivity index (χ2v) is 6.36. The lowest BCUT2D eigenvalue weighted by atomic mass is 10.2. The topological polar surface area (TPSA) is 72.2 Å². The van der Waals surface area contributed by atoms with Crippen LogP contribution in [-0.4, -0.2) is 32.6 Å². The summed E-state index contributed by atoms with van der Waals surface area (Å²) in [6.45, 7) is 10.0. The molecule has 0 saturated heterocycles. The van der Waals surface area contributed by atoms with Gasteiger partial charge in [0.15, 0.2) is 5.16 Å². The van der Waals surface area contributed by atoms with Gasteiger partial charge in [-0.3, -0.25) is 9.79 Å². The van der Waals surface area contributed by atoms with Crippen LogP contribution in [0, 0.1) is 0 Å². The molecule has 0 fully saturated rings. The summed E-state index contributed by atoms with van der Waals surface area (Å²) in [5.74, 6) is 1.03. The molecule has 0 atom stereocenters. The smallest absolute Gasteiger partial charge is 0.234 e. The lowest BCUT2D eigenvalue weighted by Gasteiger charge is -2.07. The van der Waals surface area contributed by atoms with Crippen molar-refractivity contribution in [1.82, 2.24) is 14.8 Å². The van der Waals surface area contributed by atoms with E-state index in [1.165, 1.54) is 18.0 Å². The molecule has 1 aromatic heterocycles. The monoisotopic (exact) mass is 381 g/mol. The number of aromatic nitrogens is 3. The Morgan fingerprint density at radius 3 is 2.74 bits per heavy atom. The van der Waals surface area contributed by atoms with Crippen LogP contribution in [0.15, 0.2) is 65.9 Å². The number of allylic oxidation sites excluding steroid dienone is 2. The Bertz CT molecular complexity index is 837. The van der Waals surface area contributed by atoms with Gasteiger partial charge in [-0.25, -0.2) is 0 Å². The third-order valence-electron chi connectivity index (χ3n) is 3.59. The minimum absolute atomic E-state index is 0.0842. The van der Waals surface area contributed by atoms with E-state index in [-0.39, 0.29) is 11.7 Å². The Morgan fingerprint density at radius 2 is 2.07 bits per heavy atom. The summed E-state index contributed by atoms with van der Waals surface area (Å²) in [4.78, 5) is 16.1. The van der Waals surface area contributed by atoms with E-state index >= 15 is 0 Å². The number of hydrogen-bond donors (Lipinski definition) is 1. The van der Waals surface area contributed by atoms with Gasteiger partial charge in [0.1, 0.15) is 5.82 Å². The normalized spacial score (nSPS) is 11.1. The molecule has 6 nitrogen and oxygen atoms in total. The van der Waals surface area contributed by atoms with Gasteiger partial charge >= 0.3 is 0 Å². The van der Waals surface area contributed by atoms with Gasteiger partial charge in [-0.2, -0.15) is 0 Å². The highest BCUT2D eigenvalue weighted by molar-refractivity contribution is 7.99. The first-order valence-electron chi connectivity index (χ1n) is 8.54. The van der Waals surface area contributed by atoms with E-state index in [2.05, 4.69) is 33.7 Å². The van der Waals surface area contributed by atoms with Crippen molar-refractivity contribution in [2.24, 2.45) is 4.99 Å². The van der Waals surface area contributed by atoms with Gasteiger partial charge in [-0.05, 0) is 30.7 Å². The van der Waals surface area contributed by atoms with E-state index < -0.39 is 0 Å². The molecule has 27 heavy (non-hydrogen) atoms. The zero-order valence-electron chi connectivity index (χ0n) is 15.3. The van der Waals surface area contributed by atoms with Crippen molar-refractivity contribution in [3.05, 3.63) is 67.2 Å². The van der Waals surface area contributed by atoms with Crippen LogP contribution in [0.4, 0.5) is 5.69 Å². The Morgan fingerprint density at radius 1 is 1.30 bits per heavy atom. The Hall–Kier alpha value is -2.93. The molecule has 2 rings (SSSR count). The van der Waals surface area contributed by atoms with Crippen molar-refractivity contribution in [1.29, 1.82) is 0 Å². The first kappa shape index (κ1) is 20.4. The average molecular weight is 382 g/mol. The van der Waals surface area contributed by atoms with Crippen molar-refractivity contribution < 1.29 is 4.79 Å². The second kappa shape index (κ2) is 10.9. The first-order valence-corrected chi connectivity index (χ1v) is 9.53. The van der Waals surface area contributed by atoms with E-state index in [1.54, 1.807) is 12.3 Å². The average Bonchev–Trinajstić information content (AvgIpc) is 3.08. The number of amides is 1. The fourth-order valence-corrected chi connectivity index (χ4v) is 3.09. The van der Waals surface area contributed by atoms with Gasteiger partial charge in [0.2, 0.25) is 5.91 Å². The van der Waals surface area contributed by atoms with Crippen LogP contribution >= 0.6 is 11.8 Å². The molecule has 1 heterocycles. The van der Waals surface area contributed by atoms with Crippen molar-refractivity contribution in [3.63, 3.8) is 0 Å². The summed E-state index contributed by atoms with van der Waals surface area (Å²) in [6.07, 6.45) is 9.35. The van der Waals surface area contributed by atoms with Crippen LogP contribution in [0.5, 0.6) is 0 Å². The van der Waals surface area contributed by atoms with E-state index in [4.69, 9.17) is 0 Å². The van der Waals surface area contributed by atoms with Crippen molar-refractivity contribution in [2.75, 3.05) is 11.1 Å². The number of carbonyl (C=O) groups is 1. The molecule has 0 aliphatic carbocycles. The molecule has 140 valence electrons. The first-order chi connectivity index (χ1) is 13.2. The number of anilines is 1. The van der Waals surface area contributed by atoms with E-state index in [0.717, 1.165) is 28.8 Å². The van der Waals surface area contributed by atoms with Crippen LogP contribution in [-0.2, 0) is 17.8 Å². The van der Waals surface area contributed by atoms with Crippen molar-refractivity contribution in [3.8, 4) is 0 Å². The summed E-state index contributed by atoms with van der Waals surface area (Å²) < 4.78 is 2.01. The number of benzene rings is 1. The highest BCUT2D eigenvalue weighted by Gasteiger charge is 2.12. The molecule has 1 amide bonds. The molecule has 0 radical (unpaired) electrons. The zero-order chi connectivity index (χ0) is 19.5. The minimum Gasteiger partial charge on any atom is -0.325 e. The molecule has 0 aliphatic heterocycles. The SMILES string of the molecule is C=CN=C/C=C\Cc1nnc(SCC(=O)Nc2ccc(C=C)cc2)n1CC. The number of hydrogen-bond acceptors (Lipinski definition) is 5. The number of nitrogens with one attached hydrogen (secondary N) is 1. The van der Waals surface area contributed by atoms with Crippen LogP contribution < -0.4 is 5.32 Å². The summed E-state index contributed by atoms with van der Waals surface area (Å²) in [5, 5.41) is 12.0. The van der Waals surface area contributed by atoms with Gasteiger partial charge in [-0.15, -0.1) is 10.2 Å². The quantitative estimate of drug-likeness (QED) is 0.499. The Labute approximate surface area is 163 Å². The predicted molar refractivity (Wildman–Crippen MR) is 113 cm³/mol.